The zero-order chi connectivity index (χ0) is 20.5. The van der Waals surface area contributed by atoms with Gasteiger partial charge in [0.15, 0.2) is 0 Å². The molecule has 2 saturated carbocycles. The Morgan fingerprint density at radius 3 is 2.48 bits per heavy atom. The molecule has 0 aromatic heterocycles. The molecule has 0 amide bonds. The van der Waals surface area contributed by atoms with Gasteiger partial charge in [0.2, 0.25) is 0 Å². The molecule has 2 aromatic rings. The average Bonchev–Trinajstić information content (AvgIpc) is 2.67. The number of fused-ring (bicyclic) bond motifs is 2. The third-order valence-electron chi connectivity index (χ3n) is 7.29. The van der Waals surface area contributed by atoms with Crippen LogP contribution in [-0.2, 0) is 6.42 Å². The Morgan fingerprint density at radius 2 is 1.69 bits per heavy atom. The fourth-order valence-corrected chi connectivity index (χ4v) is 5.81. The minimum absolute atomic E-state index is 0.0458. The lowest BCUT2D eigenvalue weighted by Crippen LogP contribution is -2.30. The van der Waals surface area contributed by atoms with Crippen molar-refractivity contribution in [1.82, 2.24) is 0 Å². The van der Waals surface area contributed by atoms with Gasteiger partial charge in [0, 0.05) is 5.56 Å². The third-order valence-corrected chi connectivity index (χ3v) is 7.29. The summed E-state index contributed by atoms with van der Waals surface area (Å²) < 4.78 is 45.3. The Hall–Kier alpha value is -1.77. The van der Waals surface area contributed by atoms with Crippen LogP contribution >= 0.6 is 0 Å². The summed E-state index contributed by atoms with van der Waals surface area (Å²) in [6, 6.07) is 4.50. The quantitative estimate of drug-likeness (QED) is 0.455. The maximum absolute atomic E-state index is 15.4. The third kappa shape index (κ3) is 4.11. The van der Waals surface area contributed by atoms with E-state index in [-0.39, 0.29) is 16.9 Å². The summed E-state index contributed by atoms with van der Waals surface area (Å²) in [5.41, 5.74) is 0.895. The standard InChI is InChI=1S/C26H31F3/c1-3-4-5-6-17-12-21-15-23(28)24(26(29)25(21)22(27)13-17)20-10-9-18-11-16(2)7-8-19(18)14-20/h3-4,12-13,15-16,18-20H,5-11,14H2,1-2H3. The molecule has 0 N–H and O–H groups in total. The van der Waals surface area contributed by atoms with Crippen molar-refractivity contribution in [2.24, 2.45) is 17.8 Å². The summed E-state index contributed by atoms with van der Waals surface area (Å²) in [6.45, 7) is 4.25. The van der Waals surface area contributed by atoms with Crippen LogP contribution in [-0.4, -0.2) is 0 Å². The number of hydrogen-bond acceptors (Lipinski definition) is 0. The Morgan fingerprint density at radius 1 is 0.931 bits per heavy atom. The van der Waals surface area contributed by atoms with Gasteiger partial charge >= 0.3 is 0 Å². The van der Waals surface area contributed by atoms with Crippen LogP contribution < -0.4 is 0 Å². The van der Waals surface area contributed by atoms with Gasteiger partial charge < -0.3 is 0 Å². The van der Waals surface area contributed by atoms with Crippen molar-refractivity contribution in [3.05, 3.63) is 58.9 Å². The molecule has 29 heavy (non-hydrogen) atoms. The second kappa shape index (κ2) is 8.53. The smallest absolute Gasteiger partial charge is 0.140 e. The molecule has 0 aliphatic heterocycles. The molecule has 156 valence electrons. The highest BCUT2D eigenvalue weighted by atomic mass is 19.1. The highest BCUT2D eigenvalue weighted by molar-refractivity contribution is 5.85. The lowest BCUT2D eigenvalue weighted by Gasteiger charge is -2.41. The van der Waals surface area contributed by atoms with Gasteiger partial charge in [0.05, 0.1) is 5.39 Å². The van der Waals surface area contributed by atoms with Crippen molar-refractivity contribution < 1.29 is 13.2 Å². The maximum atomic E-state index is 15.4. The fraction of sp³-hybridized carbons (Fsp3) is 0.538. The first-order valence-corrected chi connectivity index (χ1v) is 11.2. The van der Waals surface area contributed by atoms with Crippen LogP contribution in [0.4, 0.5) is 13.2 Å². The maximum Gasteiger partial charge on any atom is 0.140 e. The lowest BCUT2D eigenvalue weighted by molar-refractivity contribution is 0.123. The van der Waals surface area contributed by atoms with Crippen LogP contribution in [0.2, 0.25) is 0 Å². The molecule has 0 nitrogen and oxygen atoms in total. The van der Waals surface area contributed by atoms with Crippen molar-refractivity contribution in [3.8, 4) is 0 Å². The number of hydrogen-bond donors (Lipinski definition) is 0. The van der Waals surface area contributed by atoms with E-state index in [1.165, 1.54) is 25.0 Å². The second-order valence-corrected chi connectivity index (χ2v) is 9.32. The van der Waals surface area contributed by atoms with Crippen LogP contribution in [0.5, 0.6) is 0 Å². The average molecular weight is 401 g/mol. The molecule has 2 aliphatic rings. The molecule has 4 unspecified atom stereocenters. The van der Waals surface area contributed by atoms with E-state index in [0.717, 1.165) is 43.6 Å². The minimum atomic E-state index is -0.676. The zero-order valence-corrected chi connectivity index (χ0v) is 17.5. The van der Waals surface area contributed by atoms with Crippen LogP contribution in [0, 0.1) is 35.2 Å². The monoisotopic (exact) mass is 400 g/mol. The second-order valence-electron chi connectivity index (χ2n) is 9.32. The molecular formula is C26H31F3. The van der Waals surface area contributed by atoms with Gasteiger partial charge in [0.25, 0.3) is 0 Å². The van der Waals surface area contributed by atoms with Crippen molar-refractivity contribution in [3.63, 3.8) is 0 Å². The van der Waals surface area contributed by atoms with E-state index in [2.05, 4.69) is 6.92 Å². The van der Waals surface area contributed by atoms with Crippen LogP contribution in [0.15, 0.2) is 30.4 Å². The Kier molecular flexibility index (Phi) is 6.03. The number of benzene rings is 2. The van der Waals surface area contributed by atoms with E-state index in [1.807, 2.05) is 19.1 Å². The van der Waals surface area contributed by atoms with Crippen molar-refractivity contribution in [2.75, 3.05) is 0 Å². The zero-order valence-electron chi connectivity index (χ0n) is 17.5. The van der Waals surface area contributed by atoms with Gasteiger partial charge in [0.1, 0.15) is 17.5 Å². The van der Waals surface area contributed by atoms with E-state index in [0.29, 0.717) is 23.6 Å². The molecule has 4 atom stereocenters. The Balaban J connectivity index is 1.65. The molecule has 0 bridgehead atoms. The molecule has 2 aromatic carbocycles. The number of halogens is 3. The largest absolute Gasteiger partial charge is 0.207 e. The molecule has 4 rings (SSSR count). The number of rotatable bonds is 4. The SMILES string of the molecule is CC=CCCc1cc(F)c2c(F)c(C3CCC4CC(C)CCC4C3)c(F)cc2c1. The first kappa shape index (κ1) is 20.5. The molecule has 0 saturated heterocycles. The van der Waals surface area contributed by atoms with Gasteiger partial charge in [-0.25, -0.2) is 13.2 Å². The number of aryl methyl sites for hydroxylation is 1. The van der Waals surface area contributed by atoms with Crippen molar-refractivity contribution in [1.29, 1.82) is 0 Å². The van der Waals surface area contributed by atoms with E-state index in [4.69, 9.17) is 0 Å². The molecular weight excluding hydrogens is 369 g/mol. The molecule has 2 aliphatic carbocycles. The van der Waals surface area contributed by atoms with E-state index < -0.39 is 17.5 Å². The summed E-state index contributed by atoms with van der Waals surface area (Å²) in [7, 11) is 0. The summed E-state index contributed by atoms with van der Waals surface area (Å²) in [5.74, 6) is 0.117. The van der Waals surface area contributed by atoms with Crippen LogP contribution in [0.3, 0.4) is 0 Å². The van der Waals surface area contributed by atoms with Crippen LogP contribution in [0.25, 0.3) is 10.8 Å². The first-order chi connectivity index (χ1) is 14.0. The summed E-state index contributed by atoms with van der Waals surface area (Å²) in [4.78, 5) is 0. The van der Waals surface area contributed by atoms with Crippen molar-refractivity contribution >= 4 is 10.8 Å². The van der Waals surface area contributed by atoms with Gasteiger partial charge in [-0.15, -0.1) is 0 Å². The molecule has 0 heterocycles. The summed E-state index contributed by atoms with van der Waals surface area (Å²) in [5, 5.41) is 0.287. The summed E-state index contributed by atoms with van der Waals surface area (Å²) in [6.07, 6.45) is 11.7. The first-order valence-electron chi connectivity index (χ1n) is 11.2. The summed E-state index contributed by atoms with van der Waals surface area (Å²) >= 11 is 0. The lowest BCUT2D eigenvalue weighted by atomic mass is 9.64. The minimum Gasteiger partial charge on any atom is -0.207 e. The van der Waals surface area contributed by atoms with Crippen LogP contribution in [0.1, 0.15) is 75.8 Å². The molecule has 0 radical (unpaired) electrons. The molecule has 3 heteroatoms. The van der Waals surface area contributed by atoms with E-state index in [9.17, 15) is 4.39 Å². The van der Waals surface area contributed by atoms with Gasteiger partial charge in [-0.2, -0.15) is 0 Å². The van der Waals surface area contributed by atoms with Crippen molar-refractivity contribution in [2.45, 2.75) is 71.1 Å². The topological polar surface area (TPSA) is 0 Å². The van der Waals surface area contributed by atoms with Gasteiger partial charge in [-0.3, -0.25) is 0 Å². The number of allylic oxidation sites excluding steroid dienone is 2. The molecule has 2 fully saturated rings. The highest BCUT2D eigenvalue weighted by Crippen LogP contribution is 2.48. The predicted octanol–water partition coefficient (Wildman–Crippen LogP) is 8.09. The highest BCUT2D eigenvalue weighted by Gasteiger charge is 2.37. The Labute approximate surface area is 172 Å². The molecule has 0 spiro atoms. The van der Waals surface area contributed by atoms with E-state index in [1.54, 1.807) is 6.07 Å². The normalized spacial score (nSPS) is 27.5. The Bertz CT molecular complexity index is 914. The van der Waals surface area contributed by atoms with E-state index >= 15 is 8.78 Å². The fourth-order valence-electron chi connectivity index (χ4n) is 5.81. The van der Waals surface area contributed by atoms with Gasteiger partial charge in [-0.05, 0) is 98.6 Å². The van der Waals surface area contributed by atoms with Gasteiger partial charge in [-0.1, -0.05) is 31.6 Å². The predicted molar refractivity (Wildman–Crippen MR) is 114 cm³/mol.